The quantitative estimate of drug-likeness (QED) is 0.618. The summed E-state index contributed by atoms with van der Waals surface area (Å²) >= 11 is 0. The number of nitrogens with zero attached hydrogens (tertiary/aromatic N) is 2. The summed E-state index contributed by atoms with van der Waals surface area (Å²) in [5.74, 6) is -0.251. The first-order valence-corrected chi connectivity index (χ1v) is 7.41. The van der Waals surface area contributed by atoms with E-state index in [1.807, 2.05) is 0 Å². The highest BCUT2D eigenvalue weighted by Crippen LogP contribution is 2.33. The molecule has 0 aliphatic heterocycles. The molecule has 2 rings (SSSR count). The number of carbonyl (C=O) groups is 2. The molecular weight excluding hydrogens is 268 g/mol. The van der Waals surface area contributed by atoms with Gasteiger partial charge in [-0.3, -0.25) is 9.48 Å². The molecule has 5 nitrogen and oxygen atoms in total. The lowest BCUT2D eigenvalue weighted by molar-refractivity contribution is -0.138. The number of carbonyl (C=O) groups excluding carboxylic acids is 2. The fraction of sp³-hybridized carbons (Fsp3) is 0.562. The summed E-state index contributed by atoms with van der Waals surface area (Å²) in [6.45, 7) is 6.31. The van der Waals surface area contributed by atoms with E-state index in [2.05, 4.69) is 18.9 Å². The van der Waals surface area contributed by atoms with Crippen molar-refractivity contribution in [1.29, 1.82) is 0 Å². The van der Waals surface area contributed by atoms with E-state index in [1.54, 1.807) is 30.9 Å². The minimum Gasteiger partial charge on any atom is -0.462 e. The summed E-state index contributed by atoms with van der Waals surface area (Å²) in [6.07, 6.45) is 5.31. The van der Waals surface area contributed by atoms with Crippen molar-refractivity contribution in [3.63, 3.8) is 0 Å². The molecule has 0 N–H and O–H groups in total. The van der Waals surface area contributed by atoms with Crippen LogP contribution in [0.3, 0.4) is 0 Å². The monoisotopic (exact) mass is 290 g/mol. The second-order valence-corrected chi connectivity index (χ2v) is 5.81. The highest BCUT2D eigenvalue weighted by atomic mass is 16.5. The molecule has 1 atom stereocenters. The highest BCUT2D eigenvalue weighted by Gasteiger charge is 2.33. The fourth-order valence-corrected chi connectivity index (χ4v) is 2.56. The summed E-state index contributed by atoms with van der Waals surface area (Å²) in [7, 11) is 1.79. The van der Waals surface area contributed by atoms with Crippen LogP contribution in [0, 0.1) is 5.92 Å². The third-order valence-corrected chi connectivity index (χ3v) is 3.62. The topological polar surface area (TPSA) is 61.2 Å². The Kier molecular flexibility index (Phi) is 4.60. The molecule has 0 saturated heterocycles. The van der Waals surface area contributed by atoms with Gasteiger partial charge in [0.05, 0.1) is 17.9 Å². The van der Waals surface area contributed by atoms with Gasteiger partial charge in [-0.05, 0) is 19.3 Å². The molecule has 5 heteroatoms. The predicted octanol–water partition coefficient (Wildman–Crippen LogP) is 2.63. The predicted molar refractivity (Wildman–Crippen MR) is 79.1 cm³/mol. The molecule has 1 heterocycles. The Bertz CT molecular complexity index is 584. The maximum atomic E-state index is 12.4. The SMILES string of the molecule is CCOC(=O)C1=C[C@@H](CCC(C)C)c2nn(C)cc2C1=O. The summed E-state index contributed by atoms with van der Waals surface area (Å²) in [5.41, 5.74) is 1.44. The Hall–Kier alpha value is -1.91. The molecule has 0 unspecified atom stereocenters. The molecule has 1 aliphatic carbocycles. The maximum absolute atomic E-state index is 12.4. The first-order chi connectivity index (χ1) is 9.93. The minimum absolute atomic E-state index is 0.000654. The van der Waals surface area contributed by atoms with E-state index in [-0.39, 0.29) is 23.9 Å². The van der Waals surface area contributed by atoms with Gasteiger partial charge in [-0.1, -0.05) is 26.3 Å². The van der Waals surface area contributed by atoms with Gasteiger partial charge in [-0.25, -0.2) is 4.79 Å². The number of allylic oxidation sites excluding steroid dienone is 1. The number of esters is 1. The third kappa shape index (κ3) is 3.23. The van der Waals surface area contributed by atoms with Gasteiger partial charge < -0.3 is 4.74 Å². The number of ether oxygens (including phenoxy) is 1. The van der Waals surface area contributed by atoms with Gasteiger partial charge in [0.2, 0.25) is 5.78 Å². The van der Waals surface area contributed by atoms with Crippen LogP contribution in [0.2, 0.25) is 0 Å². The van der Waals surface area contributed by atoms with Crippen LogP contribution >= 0.6 is 0 Å². The minimum atomic E-state index is -0.536. The van der Waals surface area contributed by atoms with Gasteiger partial charge in [0.15, 0.2) is 0 Å². The van der Waals surface area contributed by atoms with Crippen molar-refractivity contribution in [2.45, 2.75) is 39.5 Å². The zero-order valence-corrected chi connectivity index (χ0v) is 13.0. The van der Waals surface area contributed by atoms with Gasteiger partial charge in [-0.2, -0.15) is 5.10 Å². The number of hydrogen-bond acceptors (Lipinski definition) is 4. The highest BCUT2D eigenvalue weighted by molar-refractivity contribution is 6.25. The Morgan fingerprint density at radius 1 is 1.48 bits per heavy atom. The molecule has 0 bridgehead atoms. The van der Waals surface area contributed by atoms with Crippen LogP contribution in [0.15, 0.2) is 17.8 Å². The molecule has 1 aromatic rings. The fourth-order valence-electron chi connectivity index (χ4n) is 2.56. The molecule has 21 heavy (non-hydrogen) atoms. The lowest BCUT2D eigenvalue weighted by atomic mass is 9.84. The molecule has 114 valence electrons. The average molecular weight is 290 g/mol. The van der Waals surface area contributed by atoms with Crippen LogP contribution in [0.5, 0.6) is 0 Å². The number of Topliss-reactive ketones (excluding diaryl/α,β-unsaturated/α-hetero) is 1. The van der Waals surface area contributed by atoms with Crippen molar-refractivity contribution in [2.24, 2.45) is 13.0 Å². The van der Waals surface area contributed by atoms with Crippen LogP contribution < -0.4 is 0 Å². The van der Waals surface area contributed by atoms with E-state index in [9.17, 15) is 9.59 Å². The standard InChI is InChI=1S/C16H22N2O3/c1-5-21-16(20)12-8-11(7-6-10(2)3)14-13(15(12)19)9-18(4)17-14/h8-11H,5-7H2,1-4H3/t11-/m1/s1. The first kappa shape index (κ1) is 15.5. The molecule has 0 amide bonds. The van der Waals surface area contributed by atoms with E-state index < -0.39 is 5.97 Å². The number of rotatable bonds is 5. The second kappa shape index (κ2) is 6.24. The van der Waals surface area contributed by atoms with E-state index in [0.29, 0.717) is 11.5 Å². The summed E-state index contributed by atoms with van der Waals surface area (Å²) < 4.78 is 6.62. The van der Waals surface area contributed by atoms with Crippen LogP contribution in [0.25, 0.3) is 0 Å². The Morgan fingerprint density at radius 2 is 2.19 bits per heavy atom. The van der Waals surface area contributed by atoms with Crippen molar-refractivity contribution in [2.75, 3.05) is 6.61 Å². The zero-order chi connectivity index (χ0) is 15.6. The summed E-state index contributed by atoms with van der Waals surface area (Å²) in [5, 5.41) is 4.40. The van der Waals surface area contributed by atoms with Crippen molar-refractivity contribution in [1.82, 2.24) is 9.78 Å². The molecular formula is C16H22N2O3. The lowest BCUT2D eigenvalue weighted by Gasteiger charge is -2.19. The normalized spacial score (nSPS) is 17.7. The Morgan fingerprint density at radius 3 is 2.81 bits per heavy atom. The molecule has 0 fully saturated rings. The number of aryl methyl sites for hydroxylation is 1. The van der Waals surface area contributed by atoms with Crippen molar-refractivity contribution in [3.05, 3.63) is 29.1 Å². The Balaban J connectivity index is 2.35. The molecule has 1 aromatic heterocycles. The van der Waals surface area contributed by atoms with Crippen LogP contribution in [0.4, 0.5) is 0 Å². The van der Waals surface area contributed by atoms with Crippen molar-refractivity contribution in [3.8, 4) is 0 Å². The van der Waals surface area contributed by atoms with Crippen molar-refractivity contribution < 1.29 is 14.3 Å². The van der Waals surface area contributed by atoms with Gasteiger partial charge in [0.1, 0.15) is 5.57 Å². The summed E-state index contributed by atoms with van der Waals surface area (Å²) in [6, 6.07) is 0. The van der Waals surface area contributed by atoms with Gasteiger partial charge in [0, 0.05) is 19.2 Å². The molecule has 0 spiro atoms. The Labute approximate surface area is 125 Å². The number of ketones is 1. The smallest absolute Gasteiger partial charge is 0.341 e. The molecule has 1 aliphatic rings. The first-order valence-electron chi connectivity index (χ1n) is 7.41. The molecule has 0 saturated carbocycles. The zero-order valence-electron chi connectivity index (χ0n) is 13.0. The van der Waals surface area contributed by atoms with E-state index in [0.717, 1.165) is 18.5 Å². The van der Waals surface area contributed by atoms with Crippen LogP contribution in [-0.2, 0) is 16.6 Å². The van der Waals surface area contributed by atoms with Crippen molar-refractivity contribution >= 4 is 11.8 Å². The molecule has 0 radical (unpaired) electrons. The number of fused-ring (bicyclic) bond motifs is 1. The van der Waals surface area contributed by atoms with Crippen LogP contribution in [-0.4, -0.2) is 28.1 Å². The summed E-state index contributed by atoms with van der Waals surface area (Å²) in [4.78, 5) is 24.4. The lowest BCUT2D eigenvalue weighted by Crippen LogP contribution is -2.22. The van der Waals surface area contributed by atoms with E-state index in [4.69, 9.17) is 4.74 Å². The van der Waals surface area contributed by atoms with Gasteiger partial charge >= 0.3 is 5.97 Å². The van der Waals surface area contributed by atoms with Gasteiger partial charge in [0.25, 0.3) is 0 Å². The van der Waals surface area contributed by atoms with Gasteiger partial charge in [-0.15, -0.1) is 0 Å². The van der Waals surface area contributed by atoms with Crippen LogP contribution in [0.1, 0.15) is 55.6 Å². The average Bonchev–Trinajstić information content (AvgIpc) is 2.80. The van der Waals surface area contributed by atoms with E-state index >= 15 is 0 Å². The largest absolute Gasteiger partial charge is 0.462 e. The van der Waals surface area contributed by atoms with E-state index in [1.165, 1.54) is 0 Å². The second-order valence-electron chi connectivity index (χ2n) is 5.81. The number of aromatic nitrogens is 2. The maximum Gasteiger partial charge on any atom is 0.341 e. The number of hydrogen-bond donors (Lipinski definition) is 0. The third-order valence-electron chi connectivity index (χ3n) is 3.62. The molecule has 0 aromatic carbocycles.